The summed E-state index contributed by atoms with van der Waals surface area (Å²) in [6.07, 6.45) is 3.31. The zero-order chi connectivity index (χ0) is 7.11. The van der Waals surface area contributed by atoms with Crippen LogP contribution >= 0.6 is 0 Å². The maximum absolute atomic E-state index is 8.74. The molecule has 0 amide bonds. The summed E-state index contributed by atoms with van der Waals surface area (Å²) in [5.41, 5.74) is 0. The van der Waals surface area contributed by atoms with Gasteiger partial charge in [-0.15, -0.1) is 0 Å². The van der Waals surface area contributed by atoms with Crippen molar-refractivity contribution in [2.24, 2.45) is 0 Å². The van der Waals surface area contributed by atoms with Crippen LogP contribution in [0.15, 0.2) is 0 Å². The van der Waals surface area contributed by atoms with Gasteiger partial charge in [-0.05, 0) is 19.9 Å². The van der Waals surface area contributed by atoms with Crippen molar-refractivity contribution in [3.63, 3.8) is 0 Å². The molecule has 56 valence electrons. The second-order valence-corrected chi connectivity index (χ2v) is 2.34. The second-order valence-electron chi connectivity index (χ2n) is 2.34. The zero-order valence-corrected chi connectivity index (χ0v) is 6.35. The van der Waals surface area contributed by atoms with E-state index in [9.17, 15) is 0 Å². The van der Waals surface area contributed by atoms with Crippen molar-refractivity contribution >= 4 is 0 Å². The fourth-order valence-electron chi connectivity index (χ4n) is 0.686. The van der Waals surface area contributed by atoms with Gasteiger partial charge in [-0.1, -0.05) is 19.8 Å². The Morgan fingerprint density at radius 1 is 1.44 bits per heavy atom. The number of hydrogen-bond acceptors (Lipinski definition) is 2. The van der Waals surface area contributed by atoms with Gasteiger partial charge in [0, 0.05) is 0 Å². The Bertz CT molecular complexity index is 54.9. The van der Waals surface area contributed by atoms with Crippen LogP contribution in [0.2, 0.25) is 0 Å². The first-order chi connectivity index (χ1) is 4.27. The molecule has 0 aliphatic rings. The largest absolute Gasteiger partial charge is 0.379 e. The average Bonchev–Trinajstić information content (AvgIpc) is 1.80. The van der Waals surface area contributed by atoms with Gasteiger partial charge in [-0.2, -0.15) is 0 Å². The monoisotopic (exact) mass is 131 g/mol. The van der Waals surface area contributed by atoms with Gasteiger partial charge in [0.25, 0.3) is 0 Å². The van der Waals surface area contributed by atoms with Gasteiger partial charge in [0.05, 0.1) is 0 Å². The van der Waals surface area contributed by atoms with Crippen LogP contribution in [-0.2, 0) is 0 Å². The number of nitrogens with one attached hydrogen (secondary N) is 1. The highest BCUT2D eigenvalue weighted by Gasteiger charge is 1.90. The third-order valence-corrected chi connectivity index (χ3v) is 1.22. The Hall–Kier alpha value is -0.0800. The summed E-state index contributed by atoms with van der Waals surface area (Å²) in [5, 5.41) is 11.7. The maximum Gasteiger partial charge on any atom is 0.102 e. The van der Waals surface area contributed by atoms with Gasteiger partial charge in [0.1, 0.15) is 6.23 Å². The Morgan fingerprint density at radius 3 is 2.56 bits per heavy atom. The van der Waals surface area contributed by atoms with Crippen molar-refractivity contribution in [1.82, 2.24) is 5.32 Å². The molecular formula is C7H17NO. The summed E-state index contributed by atoms with van der Waals surface area (Å²) in [6.45, 7) is 4.85. The van der Waals surface area contributed by atoms with Crippen LogP contribution in [0.3, 0.4) is 0 Å². The van der Waals surface area contributed by atoms with Crippen molar-refractivity contribution in [3.8, 4) is 0 Å². The number of aliphatic hydroxyl groups excluding tert-OH is 1. The first-order valence-electron chi connectivity index (χ1n) is 3.68. The van der Waals surface area contributed by atoms with E-state index in [0.29, 0.717) is 0 Å². The van der Waals surface area contributed by atoms with E-state index < -0.39 is 0 Å². The minimum atomic E-state index is -0.346. The lowest BCUT2D eigenvalue weighted by atomic mass is 10.2. The first-order valence-corrected chi connectivity index (χ1v) is 3.68. The van der Waals surface area contributed by atoms with E-state index in [-0.39, 0.29) is 6.23 Å². The molecule has 1 unspecified atom stereocenters. The lowest BCUT2D eigenvalue weighted by Gasteiger charge is -2.05. The number of aliphatic hydroxyl groups is 1. The molecule has 2 heteroatoms. The predicted molar refractivity (Wildman–Crippen MR) is 39.2 cm³/mol. The lowest BCUT2D eigenvalue weighted by Crippen LogP contribution is -2.26. The molecule has 0 aromatic rings. The van der Waals surface area contributed by atoms with Crippen LogP contribution in [0.4, 0.5) is 0 Å². The Kier molecular flexibility index (Phi) is 5.99. The third kappa shape index (κ3) is 7.92. The van der Waals surface area contributed by atoms with Crippen molar-refractivity contribution in [2.75, 3.05) is 6.54 Å². The van der Waals surface area contributed by atoms with Gasteiger partial charge >= 0.3 is 0 Å². The minimum Gasteiger partial charge on any atom is -0.379 e. The Morgan fingerprint density at radius 2 is 2.11 bits per heavy atom. The van der Waals surface area contributed by atoms with Crippen molar-refractivity contribution in [2.45, 2.75) is 39.3 Å². The zero-order valence-electron chi connectivity index (χ0n) is 6.35. The molecule has 0 fully saturated rings. The topological polar surface area (TPSA) is 32.3 Å². The Balaban J connectivity index is 2.75. The number of rotatable bonds is 5. The highest BCUT2D eigenvalue weighted by Crippen LogP contribution is 1.90. The molecule has 9 heavy (non-hydrogen) atoms. The molecule has 0 heterocycles. The molecule has 0 aromatic carbocycles. The highest BCUT2D eigenvalue weighted by molar-refractivity contribution is 4.46. The van der Waals surface area contributed by atoms with Gasteiger partial charge in [0.2, 0.25) is 0 Å². The summed E-state index contributed by atoms with van der Waals surface area (Å²) in [7, 11) is 0. The van der Waals surface area contributed by atoms with Crippen LogP contribution in [0, 0.1) is 0 Å². The fraction of sp³-hybridized carbons (Fsp3) is 1.00. The van der Waals surface area contributed by atoms with Crippen molar-refractivity contribution in [3.05, 3.63) is 0 Å². The van der Waals surface area contributed by atoms with Crippen LogP contribution < -0.4 is 5.32 Å². The molecule has 2 nitrogen and oxygen atoms in total. The van der Waals surface area contributed by atoms with Crippen LogP contribution in [0.25, 0.3) is 0 Å². The van der Waals surface area contributed by atoms with Crippen molar-refractivity contribution in [1.29, 1.82) is 0 Å². The van der Waals surface area contributed by atoms with E-state index in [1.165, 1.54) is 19.3 Å². The number of unbranched alkanes of at least 4 members (excludes halogenated alkanes) is 2. The normalized spacial score (nSPS) is 13.7. The highest BCUT2D eigenvalue weighted by atomic mass is 16.3. The van der Waals surface area contributed by atoms with Gasteiger partial charge < -0.3 is 5.11 Å². The van der Waals surface area contributed by atoms with Crippen LogP contribution in [0.5, 0.6) is 0 Å². The Labute approximate surface area is 57.3 Å². The van der Waals surface area contributed by atoms with E-state index in [2.05, 4.69) is 12.2 Å². The number of hydrogen-bond donors (Lipinski definition) is 2. The van der Waals surface area contributed by atoms with Gasteiger partial charge in [0.15, 0.2) is 0 Å². The van der Waals surface area contributed by atoms with E-state index in [1.54, 1.807) is 6.92 Å². The smallest absolute Gasteiger partial charge is 0.102 e. The molecule has 0 bridgehead atoms. The third-order valence-electron chi connectivity index (χ3n) is 1.22. The average molecular weight is 131 g/mol. The van der Waals surface area contributed by atoms with E-state index in [1.807, 2.05) is 0 Å². The summed E-state index contributed by atoms with van der Waals surface area (Å²) < 4.78 is 0. The van der Waals surface area contributed by atoms with Crippen LogP contribution in [-0.4, -0.2) is 17.9 Å². The van der Waals surface area contributed by atoms with E-state index in [4.69, 9.17) is 5.11 Å². The van der Waals surface area contributed by atoms with E-state index in [0.717, 1.165) is 6.54 Å². The molecule has 0 saturated heterocycles. The SMILES string of the molecule is CCCCCNC(C)O. The van der Waals surface area contributed by atoms with Crippen LogP contribution in [0.1, 0.15) is 33.1 Å². The molecule has 0 rings (SSSR count). The summed E-state index contributed by atoms with van der Waals surface area (Å²) in [6, 6.07) is 0. The fourth-order valence-corrected chi connectivity index (χ4v) is 0.686. The molecule has 0 spiro atoms. The maximum atomic E-state index is 8.74. The van der Waals surface area contributed by atoms with Gasteiger partial charge in [-0.25, -0.2) is 0 Å². The molecular weight excluding hydrogens is 114 g/mol. The summed E-state index contributed by atoms with van der Waals surface area (Å²) >= 11 is 0. The molecule has 2 N–H and O–H groups in total. The molecule has 0 aliphatic heterocycles. The summed E-state index contributed by atoms with van der Waals surface area (Å²) in [5.74, 6) is 0. The molecule has 1 atom stereocenters. The minimum absolute atomic E-state index is 0.346. The second kappa shape index (κ2) is 6.05. The molecule has 0 aliphatic carbocycles. The molecule has 0 radical (unpaired) electrons. The van der Waals surface area contributed by atoms with E-state index >= 15 is 0 Å². The molecule has 0 aromatic heterocycles. The van der Waals surface area contributed by atoms with Gasteiger partial charge in [-0.3, -0.25) is 5.32 Å². The summed E-state index contributed by atoms with van der Waals surface area (Å²) in [4.78, 5) is 0. The first kappa shape index (κ1) is 8.92. The van der Waals surface area contributed by atoms with Crippen molar-refractivity contribution < 1.29 is 5.11 Å². The quantitative estimate of drug-likeness (QED) is 0.432. The predicted octanol–water partition coefficient (Wildman–Crippen LogP) is 1.10. The lowest BCUT2D eigenvalue weighted by molar-refractivity contribution is 0.156. The standard InChI is InChI=1S/C7H17NO/c1-3-4-5-6-8-7(2)9/h7-9H,3-6H2,1-2H3. The molecule has 0 saturated carbocycles.